The second-order valence-electron chi connectivity index (χ2n) is 10.7. The summed E-state index contributed by atoms with van der Waals surface area (Å²) in [6.45, 7) is 6.87. The molecule has 0 saturated carbocycles. The van der Waals surface area contributed by atoms with E-state index in [4.69, 9.17) is 21.1 Å². The lowest BCUT2D eigenvalue weighted by Gasteiger charge is -2.35. The molecule has 3 rings (SSSR count). The molecule has 0 aliphatic heterocycles. The Hall–Kier alpha value is -3.76. The van der Waals surface area contributed by atoms with Crippen LogP contribution in [0.2, 0.25) is 5.02 Å². The third-order valence-corrected chi connectivity index (χ3v) is 8.46. The van der Waals surface area contributed by atoms with Crippen molar-refractivity contribution in [3.63, 3.8) is 0 Å². The predicted molar refractivity (Wildman–Crippen MR) is 164 cm³/mol. The van der Waals surface area contributed by atoms with E-state index >= 15 is 0 Å². The fourth-order valence-corrected chi connectivity index (χ4v) is 5.94. The SMILES string of the molecule is CC[C@H](C(=O)NC(C)(C)C)N(Cc1ccc(Cl)cc1)C(=O)CN(c1ccc(OC)c(OC)c1)S(=O)(=O)c1ccccc1. The molecule has 1 atom stereocenters. The average molecular weight is 616 g/mol. The molecule has 0 radical (unpaired) electrons. The van der Waals surface area contributed by atoms with Gasteiger partial charge in [0.2, 0.25) is 11.8 Å². The van der Waals surface area contributed by atoms with Gasteiger partial charge in [0.05, 0.1) is 24.8 Å². The summed E-state index contributed by atoms with van der Waals surface area (Å²) in [5.74, 6) is -0.199. The van der Waals surface area contributed by atoms with Crippen LogP contribution in [0, 0.1) is 0 Å². The van der Waals surface area contributed by atoms with E-state index in [9.17, 15) is 18.0 Å². The Balaban J connectivity index is 2.11. The summed E-state index contributed by atoms with van der Waals surface area (Å²) in [6, 6.07) is 18.5. The van der Waals surface area contributed by atoms with Gasteiger partial charge >= 0.3 is 0 Å². The van der Waals surface area contributed by atoms with Crippen LogP contribution in [-0.2, 0) is 26.2 Å². The molecule has 0 aliphatic carbocycles. The standard InChI is InChI=1S/C31H38ClN3O6S/c1-7-26(30(37)33-31(2,3)4)34(20-22-13-15-23(32)16-14-22)29(36)21-35(42(38,39)25-11-9-8-10-12-25)24-17-18-27(40-5)28(19-24)41-6/h8-19,26H,7,20-21H2,1-6H3,(H,33,37)/t26-/m1/s1. The lowest BCUT2D eigenvalue weighted by atomic mass is 10.1. The highest BCUT2D eigenvalue weighted by atomic mass is 35.5. The van der Waals surface area contributed by atoms with E-state index in [1.807, 2.05) is 27.7 Å². The molecule has 0 unspecified atom stereocenters. The molecule has 3 aromatic carbocycles. The lowest BCUT2D eigenvalue weighted by molar-refractivity contribution is -0.141. The Kier molecular flexibility index (Phi) is 10.9. The molecule has 42 heavy (non-hydrogen) atoms. The van der Waals surface area contributed by atoms with Crippen molar-refractivity contribution in [3.8, 4) is 11.5 Å². The quantitative estimate of drug-likeness (QED) is 0.297. The smallest absolute Gasteiger partial charge is 0.264 e. The summed E-state index contributed by atoms with van der Waals surface area (Å²) in [5, 5.41) is 3.48. The van der Waals surface area contributed by atoms with Crippen molar-refractivity contribution in [1.29, 1.82) is 0 Å². The molecular weight excluding hydrogens is 578 g/mol. The highest BCUT2D eigenvalue weighted by Gasteiger charge is 2.35. The first kappa shape index (κ1) is 32.8. The number of methoxy groups -OCH3 is 2. The number of nitrogens with zero attached hydrogens (tertiary/aromatic N) is 2. The minimum atomic E-state index is -4.22. The van der Waals surface area contributed by atoms with Crippen molar-refractivity contribution in [2.45, 2.75) is 57.1 Å². The molecule has 2 amide bonds. The van der Waals surface area contributed by atoms with Crippen LogP contribution in [0.5, 0.6) is 11.5 Å². The fraction of sp³-hybridized carbons (Fsp3) is 0.355. The number of carbonyl (C=O) groups excluding carboxylic acids is 2. The first-order valence-corrected chi connectivity index (χ1v) is 15.3. The van der Waals surface area contributed by atoms with E-state index in [-0.39, 0.29) is 23.0 Å². The second-order valence-corrected chi connectivity index (χ2v) is 13.0. The molecule has 0 aromatic heterocycles. The van der Waals surface area contributed by atoms with Crippen molar-refractivity contribution in [2.24, 2.45) is 0 Å². The molecule has 0 fully saturated rings. The van der Waals surface area contributed by atoms with Crippen LogP contribution < -0.4 is 19.1 Å². The molecule has 0 aliphatic rings. The summed E-state index contributed by atoms with van der Waals surface area (Å²) in [6.07, 6.45) is 0.309. The maximum Gasteiger partial charge on any atom is 0.264 e. The van der Waals surface area contributed by atoms with Crippen LogP contribution in [0.25, 0.3) is 0 Å². The number of ether oxygens (including phenoxy) is 2. The van der Waals surface area contributed by atoms with Crippen LogP contribution in [0.3, 0.4) is 0 Å². The third kappa shape index (κ3) is 8.17. The molecule has 0 saturated heterocycles. The van der Waals surface area contributed by atoms with Gasteiger partial charge in [0, 0.05) is 23.2 Å². The Labute approximate surface area is 253 Å². The van der Waals surface area contributed by atoms with Crippen LogP contribution in [0.4, 0.5) is 5.69 Å². The minimum Gasteiger partial charge on any atom is -0.493 e. The number of anilines is 1. The number of benzene rings is 3. The van der Waals surface area contributed by atoms with Crippen molar-refractivity contribution >= 4 is 39.1 Å². The van der Waals surface area contributed by atoms with Gasteiger partial charge in [0.1, 0.15) is 12.6 Å². The monoisotopic (exact) mass is 615 g/mol. The number of hydrogen-bond acceptors (Lipinski definition) is 6. The van der Waals surface area contributed by atoms with Crippen molar-refractivity contribution in [2.75, 3.05) is 25.1 Å². The largest absolute Gasteiger partial charge is 0.493 e. The summed E-state index contributed by atoms with van der Waals surface area (Å²) >= 11 is 6.08. The molecule has 9 nitrogen and oxygen atoms in total. The van der Waals surface area contributed by atoms with Crippen LogP contribution in [-0.4, -0.2) is 57.5 Å². The van der Waals surface area contributed by atoms with E-state index in [1.54, 1.807) is 54.6 Å². The van der Waals surface area contributed by atoms with Gasteiger partial charge in [-0.2, -0.15) is 0 Å². The topological polar surface area (TPSA) is 105 Å². The number of sulfonamides is 1. The molecule has 3 aromatic rings. The second kappa shape index (κ2) is 13.9. The summed E-state index contributed by atoms with van der Waals surface area (Å²) in [4.78, 5) is 29.0. The zero-order valence-corrected chi connectivity index (χ0v) is 26.3. The highest BCUT2D eigenvalue weighted by molar-refractivity contribution is 7.92. The van der Waals surface area contributed by atoms with Crippen LogP contribution in [0.15, 0.2) is 77.7 Å². The lowest BCUT2D eigenvalue weighted by Crippen LogP contribution is -2.55. The van der Waals surface area contributed by atoms with Crippen molar-refractivity contribution in [1.82, 2.24) is 10.2 Å². The summed E-state index contributed by atoms with van der Waals surface area (Å²) in [5.41, 5.74) is 0.392. The number of halogens is 1. The maximum atomic E-state index is 14.2. The highest BCUT2D eigenvalue weighted by Crippen LogP contribution is 2.34. The van der Waals surface area contributed by atoms with E-state index in [0.717, 1.165) is 9.87 Å². The van der Waals surface area contributed by atoms with Crippen LogP contribution in [0.1, 0.15) is 39.7 Å². The van der Waals surface area contributed by atoms with Gasteiger partial charge in [0.15, 0.2) is 11.5 Å². The van der Waals surface area contributed by atoms with E-state index in [0.29, 0.717) is 22.9 Å². The first-order chi connectivity index (χ1) is 19.8. The van der Waals surface area contributed by atoms with E-state index < -0.39 is 34.1 Å². The molecule has 11 heteroatoms. The van der Waals surface area contributed by atoms with Gasteiger partial charge in [-0.3, -0.25) is 13.9 Å². The summed E-state index contributed by atoms with van der Waals surface area (Å²) in [7, 11) is -1.30. The maximum absolute atomic E-state index is 14.2. The molecular formula is C31H38ClN3O6S. The Morgan fingerprint density at radius 2 is 1.55 bits per heavy atom. The molecule has 0 heterocycles. The van der Waals surface area contributed by atoms with Gasteiger partial charge in [-0.15, -0.1) is 0 Å². The van der Waals surface area contributed by atoms with Gasteiger partial charge < -0.3 is 19.7 Å². The Morgan fingerprint density at radius 3 is 2.10 bits per heavy atom. The van der Waals surface area contributed by atoms with Gasteiger partial charge in [-0.05, 0) is 69.2 Å². The fourth-order valence-electron chi connectivity index (χ4n) is 4.39. The van der Waals surface area contributed by atoms with Gasteiger partial charge in [-0.1, -0.05) is 48.9 Å². The number of hydrogen-bond donors (Lipinski definition) is 1. The number of carbonyl (C=O) groups is 2. The predicted octanol–water partition coefficient (Wildman–Crippen LogP) is 5.27. The number of rotatable bonds is 12. The summed E-state index contributed by atoms with van der Waals surface area (Å²) < 4.78 is 39.7. The molecule has 226 valence electrons. The molecule has 0 bridgehead atoms. The zero-order chi connectivity index (χ0) is 31.1. The van der Waals surface area contributed by atoms with Crippen molar-refractivity contribution in [3.05, 3.63) is 83.4 Å². The number of amides is 2. The van der Waals surface area contributed by atoms with E-state index in [2.05, 4.69) is 5.32 Å². The normalized spacial score (nSPS) is 12.3. The molecule has 0 spiro atoms. The van der Waals surface area contributed by atoms with Crippen molar-refractivity contribution < 1.29 is 27.5 Å². The third-order valence-electron chi connectivity index (χ3n) is 6.42. The minimum absolute atomic E-state index is 0.00866. The average Bonchev–Trinajstić information content (AvgIpc) is 2.95. The molecule has 1 N–H and O–H groups in total. The Bertz CT molecular complexity index is 1470. The Morgan fingerprint density at radius 1 is 0.929 bits per heavy atom. The zero-order valence-electron chi connectivity index (χ0n) is 24.8. The number of nitrogens with one attached hydrogen (secondary N) is 1. The van der Waals surface area contributed by atoms with Crippen LogP contribution >= 0.6 is 11.6 Å². The van der Waals surface area contributed by atoms with E-state index in [1.165, 1.54) is 37.3 Å². The van der Waals surface area contributed by atoms with Gasteiger partial charge in [0.25, 0.3) is 10.0 Å². The first-order valence-electron chi connectivity index (χ1n) is 13.5. The van der Waals surface area contributed by atoms with Gasteiger partial charge in [-0.25, -0.2) is 8.42 Å².